The number of aliphatic carboxylic acids is 2. The van der Waals surface area contributed by atoms with Gasteiger partial charge in [0, 0.05) is 24.2 Å². The fourth-order valence-corrected chi connectivity index (χ4v) is 2.30. The second-order valence-electron chi connectivity index (χ2n) is 4.70. The first-order valence-electron chi connectivity index (χ1n) is 6.69. The van der Waals surface area contributed by atoms with Gasteiger partial charge in [-0.3, -0.25) is 0 Å². The first-order chi connectivity index (χ1) is 10.0. The van der Waals surface area contributed by atoms with Crippen LogP contribution in [0.1, 0.15) is 25.7 Å². The average molecular weight is 296 g/mol. The van der Waals surface area contributed by atoms with Crippen molar-refractivity contribution in [1.29, 1.82) is 0 Å². The van der Waals surface area contributed by atoms with Gasteiger partial charge in [0.25, 0.3) is 0 Å². The summed E-state index contributed by atoms with van der Waals surface area (Å²) in [7, 11) is 1.58. The Morgan fingerprint density at radius 2 is 1.95 bits per heavy atom. The van der Waals surface area contributed by atoms with Gasteiger partial charge in [-0.25, -0.2) is 9.59 Å². The maximum Gasteiger partial charge on any atom is 0.328 e. The molecule has 1 fully saturated rings. The van der Waals surface area contributed by atoms with Crippen LogP contribution in [0.3, 0.4) is 0 Å². The molecule has 2 aliphatic rings. The smallest absolute Gasteiger partial charge is 0.328 e. The molecule has 0 aromatic heterocycles. The molecule has 0 aromatic carbocycles. The second-order valence-corrected chi connectivity index (χ2v) is 4.70. The van der Waals surface area contributed by atoms with Crippen molar-refractivity contribution in [3.8, 4) is 0 Å². The Bertz CT molecular complexity index is 440. The van der Waals surface area contributed by atoms with Crippen molar-refractivity contribution in [2.75, 3.05) is 7.11 Å². The Morgan fingerprint density at radius 1 is 1.29 bits per heavy atom. The molecule has 7 nitrogen and oxygen atoms in total. The zero-order chi connectivity index (χ0) is 15.7. The standard InChI is InChI=1S/C10H16N2O.C4H4O4/c1-13-11-7-8-3-2-4-9-5-6-10(8)12-9;5-3(6)1-2-4(7)8/h3,7,9-10,12H,2,4-6H2,1H3;1-2H,(H,5,6)(H,7,8)/b11-7+;2-1+/t9?,10-;/m1./s1. The molecule has 2 aliphatic heterocycles. The van der Waals surface area contributed by atoms with Gasteiger partial charge < -0.3 is 20.4 Å². The highest BCUT2D eigenvalue weighted by atomic mass is 16.6. The van der Waals surface area contributed by atoms with Crippen LogP contribution in [0.4, 0.5) is 0 Å². The van der Waals surface area contributed by atoms with Crippen molar-refractivity contribution in [2.45, 2.75) is 37.8 Å². The van der Waals surface area contributed by atoms with E-state index in [0.717, 1.165) is 6.04 Å². The first-order valence-corrected chi connectivity index (χ1v) is 6.69. The monoisotopic (exact) mass is 296 g/mol. The number of nitrogens with one attached hydrogen (secondary N) is 1. The highest BCUT2D eigenvalue weighted by molar-refractivity contribution is 5.89. The van der Waals surface area contributed by atoms with E-state index in [4.69, 9.17) is 15.1 Å². The van der Waals surface area contributed by atoms with Gasteiger partial charge in [-0.2, -0.15) is 0 Å². The Morgan fingerprint density at radius 3 is 2.52 bits per heavy atom. The highest BCUT2D eigenvalue weighted by Crippen LogP contribution is 2.24. The molecule has 1 saturated heterocycles. The average Bonchev–Trinajstić information content (AvgIpc) is 2.79. The predicted octanol–water partition coefficient (Wildman–Crippen LogP) is 1.17. The van der Waals surface area contributed by atoms with Gasteiger partial charge in [-0.1, -0.05) is 11.2 Å². The number of rotatable bonds is 4. The molecule has 21 heavy (non-hydrogen) atoms. The fraction of sp³-hybridized carbons (Fsp3) is 0.500. The van der Waals surface area contributed by atoms with Crippen LogP contribution < -0.4 is 5.32 Å². The molecule has 116 valence electrons. The summed E-state index contributed by atoms with van der Waals surface area (Å²) in [6, 6.07) is 1.25. The lowest BCUT2D eigenvalue weighted by molar-refractivity contribution is -0.134. The summed E-state index contributed by atoms with van der Waals surface area (Å²) in [6.07, 6.45) is 10.2. The van der Waals surface area contributed by atoms with E-state index in [1.165, 1.54) is 31.3 Å². The normalized spacial score (nSPS) is 24.1. The third-order valence-electron chi connectivity index (χ3n) is 3.21. The number of hydrogen-bond acceptors (Lipinski definition) is 5. The molecule has 0 amide bonds. The van der Waals surface area contributed by atoms with E-state index in [1.54, 1.807) is 7.11 Å². The lowest BCUT2D eigenvalue weighted by Gasteiger charge is -2.10. The minimum Gasteiger partial charge on any atom is -0.478 e. The van der Waals surface area contributed by atoms with Gasteiger partial charge in [0.2, 0.25) is 0 Å². The van der Waals surface area contributed by atoms with Crippen molar-refractivity contribution in [3.63, 3.8) is 0 Å². The molecule has 2 bridgehead atoms. The number of nitrogens with zero attached hydrogens (tertiary/aromatic N) is 1. The Kier molecular flexibility index (Phi) is 7.17. The molecule has 0 aliphatic carbocycles. The molecular formula is C14H20N2O5. The largest absolute Gasteiger partial charge is 0.478 e. The van der Waals surface area contributed by atoms with Crippen LogP contribution in [0, 0.1) is 0 Å². The van der Waals surface area contributed by atoms with E-state index in [0.29, 0.717) is 18.2 Å². The summed E-state index contributed by atoms with van der Waals surface area (Å²) in [5.41, 5.74) is 1.29. The third-order valence-corrected chi connectivity index (χ3v) is 3.21. The molecular weight excluding hydrogens is 276 g/mol. The molecule has 2 atom stereocenters. The minimum atomic E-state index is -1.26. The maximum atomic E-state index is 9.55. The lowest BCUT2D eigenvalue weighted by Crippen LogP contribution is -2.29. The highest BCUT2D eigenvalue weighted by Gasteiger charge is 2.27. The van der Waals surface area contributed by atoms with E-state index in [9.17, 15) is 9.59 Å². The van der Waals surface area contributed by atoms with Crippen molar-refractivity contribution in [2.24, 2.45) is 5.16 Å². The van der Waals surface area contributed by atoms with Crippen LogP contribution in [-0.4, -0.2) is 47.6 Å². The first kappa shape index (κ1) is 16.9. The molecule has 1 unspecified atom stereocenters. The third kappa shape index (κ3) is 6.71. The summed E-state index contributed by atoms with van der Waals surface area (Å²) in [4.78, 5) is 23.8. The Balaban J connectivity index is 0.000000240. The van der Waals surface area contributed by atoms with Gasteiger partial charge in [0.05, 0.1) is 6.21 Å². The molecule has 3 N–H and O–H groups in total. The van der Waals surface area contributed by atoms with E-state index in [2.05, 4.69) is 16.5 Å². The number of allylic oxidation sites excluding steroid dienone is 1. The van der Waals surface area contributed by atoms with Gasteiger partial charge >= 0.3 is 11.9 Å². The lowest BCUT2D eigenvalue weighted by atomic mass is 10.0. The summed E-state index contributed by atoms with van der Waals surface area (Å²) >= 11 is 0. The molecule has 2 heterocycles. The Hall–Kier alpha value is -2.15. The topological polar surface area (TPSA) is 108 Å². The van der Waals surface area contributed by atoms with E-state index < -0.39 is 11.9 Å². The Labute approximate surface area is 123 Å². The predicted molar refractivity (Wildman–Crippen MR) is 77.2 cm³/mol. The van der Waals surface area contributed by atoms with Crippen LogP contribution in [0.2, 0.25) is 0 Å². The fourth-order valence-electron chi connectivity index (χ4n) is 2.30. The van der Waals surface area contributed by atoms with Gasteiger partial charge in [-0.15, -0.1) is 0 Å². The minimum absolute atomic E-state index is 0.520. The number of carboxylic acid groups (broad SMARTS) is 2. The summed E-state index contributed by atoms with van der Waals surface area (Å²) in [6.45, 7) is 0. The van der Waals surface area contributed by atoms with Crippen LogP contribution in [0.5, 0.6) is 0 Å². The second kappa shape index (κ2) is 8.91. The number of oxime groups is 1. The summed E-state index contributed by atoms with van der Waals surface area (Å²) < 4.78 is 0. The molecule has 7 heteroatoms. The van der Waals surface area contributed by atoms with Gasteiger partial charge in [0.1, 0.15) is 7.11 Å². The van der Waals surface area contributed by atoms with Crippen LogP contribution in [0.15, 0.2) is 29.0 Å². The van der Waals surface area contributed by atoms with Crippen LogP contribution >= 0.6 is 0 Å². The van der Waals surface area contributed by atoms with Crippen LogP contribution in [0.25, 0.3) is 0 Å². The molecule has 0 aromatic rings. The molecule has 0 radical (unpaired) electrons. The van der Waals surface area contributed by atoms with Gasteiger partial charge in [-0.05, 0) is 31.3 Å². The zero-order valence-electron chi connectivity index (χ0n) is 11.9. The van der Waals surface area contributed by atoms with E-state index in [1.807, 2.05) is 6.21 Å². The number of carboxylic acids is 2. The van der Waals surface area contributed by atoms with Gasteiger partial charge in [0.15, 0.2) is 0 Å². The number of fused-ring (bicyclic) bond motifs is 2. The molecule has 0 saturated carbocycles. The quantitative estimate of drug-likeness (QED) is 0.408. The maximum absolute atomic E-state index is 9.55. The van der Waals surface area contributed by atoms with Crippen molar-refractivity contribution < 1.29 is 24.6 Å². The zero-order valence-corrected chi connectivity index (χ0v) is 11.9. The van der Waals surface area contributed by atoms with Crippen molar-refractivity contribution in [1.82, 2.24) is 5.32 Å². The van der Waals surface area contributed by atoms with Crippen LogP contribution in [-0.2, 0) is 14.4 Å². The van der Waals surface area contributed by atoms with Crippen molar-refractivity contribution >= 4 is 18.2 Å². The summed E-state index contributed by atoms with van der Waals surface area (Å²) in [5.74, 6) is -2.51. The van der Waals surface area contributed by atoms with Crippen molar-refractivity contribution in [3.05, 3.63) is 23.8 Å². The SMILES string of the molecule is CO/N=C/C1=CCCC2CC[C@H]1N2.O=C(O)/C=C/C(=O)O. The number of hydrogen-bond donors (Lipinski definition) is 3. The van der Waals surface area contributed by atoms with E-state index in [-0.39, 0.29) is 0 Å². The number of carbonyl (C=O) groups is 2. The molecule has 0 spiro atoms. The molecule has 2 rings (SSSR count). The summed E-state index contributed by atoms with van der Waals surface area (Å²) in [5, 5.41) is 23.0. The van der Waals surface area contributed by atoms with E-state index >= 15 is 0 Å².